The molecule has 5 aromatic rings. The lowest BCUT2D eigenvalue weighted by Crippen LogP contribution is -2.09. The van der Waals surface area contributed by atoms with Crippen LogP contribution in [0.2, 0.25) is 0 Å². The minimum absolute atomic E-state index is 0.207. The number of aryl methyl sites for hydroxylation is 1. The van der Waals surface area contributed by atoms with Crippen LogP contribution in [0.15, 0.2) is 76.1 Å². The lowest BCUT2D eigenvalue weighted by molar-refractivity contribution is 0.416. The van der Waals surface area contributed by atoms with E-state index < -0.39 is 11.6 Å². The molecule has 0 unspecified atom stereocenters. The number of hydrogen-bond acceptors (Lipinski definition) is 5. The van der Waals surface area contributed by atoms with E-state index in [9.17, 15) is 13.6 Å². The maximum Gasteiger partial charge on any atom is 0.247 e. The summed E-state index contributed by atoms with van der Waals surface area (Å²) in [6.07, 6.45) is 1.57. The van der Waals surface area contributed by atoms with Crippen LogP contribution in [0.4, 0.5) is 8.78 Å². The molecule has 0 N–H and O–H groups in total. The van der Waals surface area contributed by atoms with Crippen molar-refractivity contribution >= 4 is 5.52 Å². The highest BCUT2D eigenvalue weighted by atomic mass is 19.1. The molecule has 0 aliphatic heterocycles. The molecule has 0 aliphatic rings. The van der Waals surface area contributed by atoms with Gasteiger partial charge in [0.15, 0.2) is 5.43 Å². The first kappa shape index (κ1) is 20.6. The molecule has 6 nitrogen and oxygen atoms in total. The minimum Gasteiger partial charge on any atom is -0.496 e. The zero-order valence-electron chi connectivity index (χ0n) is 17.7. The van der Waals surface area contributed by atoms with Crippen LogP contribution in [-0.2, 0) is 0 Å². The number of nitrogens with zero attached hydrogens (tertiary/aromatic N) is 3. The summed E-state index contributed by atoms with van der Waals surface area (Å²) in [5, 5.41) is 7.91. The van der Waals surface area contributed by atoms with Crippen LogP contribution in [0.1, 0.15) is 5.89 Å². The van der Waals surface area contributed by atoms with Gasteiger partial charge < -0.3 is 13.6 Å². The molecule has 2 aromatic carbocycles. The van der Waals surface area contributed by atoms with Gasteiger partial charge in [-0.2, -0.15) is 0 Å². The Labute approximate surface area is 186 Å². The molecule has 0 aliphatic carbocycles. The van der Waals surface area contributed by atoms with Crippen molar-refractivity contribution in [2.45, 2.75) is 6.92 Å². The number of fused-ring (bicyclic) bond motifs is 1. The van der Waals surface area contributed by atoms with Gasteiger partial charge in [-0.05, 0) is 42.5 Å². The van der Waals surface area contributed by atoms with Crippen LogP contribution in [0.5, 0.6) is 5.75 Å². The molecule has 0 saturated carbocycles. The zero-order chi connectivity index (χ0) is 23.1. The van der Waals surface area contributed by atoms with Gasteiger partial charge in [0.25, 0.3) is 0 Å². The van der Waals surface area contributed by atoms with E-state index >= 15 is 0 Å². The fourth-order valence-corrected chi connectivity index (χ4v) is 3.87. The Morgan fingerprint density at radius 3 is 2.55 bits per heavy atom. The quantitative estimate of drug-likeness (QED) is 0.377. The summed E-state index contributed by atoms with van der Waals surface area (Å²) in [6, 6.07) is 15.2. The number of methoxy groups -OCH3 is 1. The van der Waals surface area contributed by atoms with Crippen molar-refractivity contribution in [1.82, 2.24) is 14.6 Å². The van der Waals surface area contributed by atoms with Gasteiger partial charge in [-0.15, -0.1) is 10.2 Å². The van der Waals surface area contributed by atoms with Gasteiger partial charge in [-0.3, -0.25) is 4.79 Å². The van der Waals surface area contributed by atoms with Gasteiger partial charge in [0.05, 0.1) is 23.9 Å². The summed E-state index contributed by atoms with van der Waals surface area (Å²) in [6.45, 7) is 1.69. The third-order valence-corrected chi connectivity index (χ3v) is 5.35. The van der Waals surface area contributed by atoms with Crippen molar-refractivity contribution in [3.8, 4) is 39.6 Å². The molecule has 0 bridgehead atoms. The molecule has 164 valence electrons. The Hall–Kier alpha value is -4.33. The molecule has 0 amide bonds. The van der Waals surface area contributed by atoms with Gasteiger partial charge in [0.2, 0.25) is 11.8 Å². The number of halogens is 2. The average molecular weight is 445 g/mol. The first-order valence-corrected chi connectivity index (χ1v) is 10.0. The molecular weight excluding hydrogens is 428 g/mol. The SMILES string of the molecule is COc1ccc(-c2nnc(C)o2)cc1-c1c(=O)ccn2c(-c3ccc(F)cc3F)cccc12. The lowest BCUT2D eigenvalue weighted by Gasteiger charge is -2.15. The fourth-order valence-electron chi connectivity index (χ4n) is 3.87. The van der Waals surface area contributed by atoms with E-state index in [4.69, 9.17) is 9.15 Å². The third-order valence-electron chi connectivity index (χ3n) is 5.35. The van der Waals surface area contributed by atoms with Crippen molar-refractivity contribution in [2.75, 3.05) is 7.11 Å². The molecule has 0 spiro atoms. The molecule has 0 radical (unpaired) electrons. The Morgan fingerprint density at radius 1 is 0.970 bits per heavy atom. The molecular formula is C25H17F2N3O3. The summed E-state index contributed by atoms with van der Waals surface area (Å²) >= 11 is 0. The highest BCUT2D eigenvalue weighted by Gasteiger charge is 2.18. The number of rotatable bonds is 4. The van der Waals surface area contributed by atoms with Gasteiger partial charge >= 0.3 is 0 Å². The molecule has 3 heterocycles. The molecule has 8 heteroatoms. The highest BCUT2D eigenvalue weighted by Crippen LogP contribution is 2.35. The number of ether oxygens (including phenoxy) is 1. The molecule has 33 heavy (non-hydrogen) atoms. The normalized spacial score (nSPS) is 11.2. The molecule has 0 atom stereocenters. The minimum atomic E-state index is -0.700. The van der Waals surface area contributed by atoms with Crippen molar-refractivity contribution < 1.29 is 17.9 Å². The molecule has 0 saturated heterocycles. The van der Waals surface area contributed by atoms with Crippen molar-refractivity contribution in [2.24, 2.45) is 0 Å². The predicted molar refractivity (Wildman–Crippen MR) is 119 cm³/mol. The largest absolute Gasteiger partial charge is 0.496 e. The summed E-state index contributed by atoms with van der Waals surface area (Å²) in [5.41, 5.74) is 2.45. The Morgan fingerprint density at radius 2 is 1.82 bits per heavy atom. The van der Waals surface area contributed by atoms with Crippen LogP contribution in [-0.4, -0.2) is 21.7 Å². The fraction of sp³-hybridized carbons (Fsp3) is 0.0800. The molecule has 5 rings (SSSR count). The Balaban J connectivity index is 1.79. The van der Waals surface area contributed by atoms with Gasteiger partial charge in [-0.1, -0.05) is 6.07 Å². The van der Waals surface area contributed by atoms with E-state index in [1.165, 1.54) is 25.3 Å². The summed E-state index contributed by atoms with van der Waals surface area (Å²) < 4.78 is 40.8. The molecule has 3 aromatic heterocycles. The topological polar surface area (TPSA) is 69.6 Å². The van der Waals surface area contributed by atoms with Gasteiger partial charge in [0.1, 0.15) is 17.4 Å². The third kappa shape index (κ3) is 3.55. The number of aromatic nitrogens is 3. The smallest absolute Gasteiger partial charge is 0.247 e. The van der Waals surface area contributed by atoms with E-state index in [-0.39, 0.29) is 11.0 Å². The second-order valence-electron chi connectivity index (χ2n) is 7.39. The standard InChI is InChI=1S/C25H17F2N3O3/c1-14-28-29-25(33-14)15-6-9-23(32-2)18(12-15)24-21-5-3-4-20(30(21)11-10-22(24)31)17-8-7-16(26)13-19(17)27/h3-13H,1-2H3. The van der Waals surface area contributed by atoms with Gasteiger partial charge in [-0.25, -0.2) is 8.78 Å². The van der Waals surface area contributed by atoms with Crippen LogP contribution in [0, 0.1) is 18.6 Å². The number of hydrogen-bond donors (Lipinski definition) is 0. The maximum absolute atomic E-state index is 14.6. The number of pyridine rings is 2. The zero-order valence-corrected chi connectivity index (χ0v) is 17.7. The highest BCUT2D eigenvalue weighted by molar-refractivity contribution is 5.87. The van der Waals surface area contributed by atoms with Crippen LogP contribution in [0.25, 0.3) is 39.4 Å². The first-order chi connectivity index (χ1) is 16.0. The van der Waals surface area contributed by atoms with Crippen LogP contribution < -0.4 is 10.2 Å². The Bertz CT molecular complexity index is 1570. The maximum atomic E-state index is 14.6. The van der Waals surface area contributed by atoms with E-state index in [0.717, 1.165) is 6.07 Å². The van der Waals surface area contributed by atoms with Crippen molar-refractivity contribution in [3.05, 3.63) is 94.6 Å². The Kier molecular flexibility index (Phi) is 4.97. The first-order valence-electron chi connectivity index (χ1n) is 10.0. The van der Waals surface area contributed by atoms with E-state index in [2.05, 4.69) is 10.2 Å². The summed E-state index contributed by atoms with van der Waals surface area (Å²) in [4.78, 5) is 13.1. The van der Waals surface area contributed by atoms with Crippen LogP contribution in [0.3, 0.4) is 0 Å². The monoisotopic (exact) mass is 445 g/mol. The van der Waals surface area contributed by atoms with E-state index in [1.54, 1.807) is 53.9 Å². The summed E-state index contributed by atoms with van der Waals surface area (Å²) in [7, 11) is 1.51. The second-order valence-corrected chi connectivity index (χ2v) is 7.39. The lowest BCUT2D eigenvalue weighted by atomic mass is 9.99. The number of benzene rings is 2. The summed E-state index contributed by atoms with van der Waals surface area (Å²) in [5.74, 6) is -0.168. The van der Waals surface area contributed by atoms with Crippen molar-refractivity contribution in [1.29, 1.82) is 0 Å². The van der Waals surface area contributed by atoms with E-state index in [1.807, 2.05) is 0 Å². The van der Waals surface area contributed by atoms with E-state index in [0.29, 0.717) is 45.4 Å². The van der Waals surface area contributed by atoms with Gasteiger partial charge in [0, 0.05) is 41.9 Å². The average Bonchev–Trinajstić information content (AvgIpc) is 3.24. The molecule has 0 fully saturated rings. The van der Waals surface area contributed by atoms with Crippen LogP contribution >= 0.6 is 0 Å². The predicted octanol–water partition coefficient (Wildman–Crippen LogP) is 5.28. The van der Waals surface area contributed by atoms with Crippen molar-refractivity contribution in [3.63, 3.8) is 0 Å². The second kappa shape index (κ2) is 7.98.